The molecular formula is C13H17N3OS. The average Bonchev–Trinajstić information content (AvgIpc) is 2.87. The molecule has 5 heteroatoms. The minimum atomic E-state index is 0.307. The molecule has 96 valence electrons. The lowest BCUT2D eigenvalue weighted by atomic mass is 10.1. The third-order valence-corrected chi connectivity index (χ3v) is 3.46. The van der Waals surface area contributed by atoms with E-state index in [9.17, 15) is 0 Å². The van der Waals surface area contributed by atoms with Gasteiger partial charge in [-0.3, -0.25) is 0 Å². The van der Waals surface area contributed by atoms with E-state index in [0.29, 0.717) is 17.7 Å². The van der Waals surface area contributed by atoms with Crippen molar-refractivity contribution >= 4 is 11.8 Å². The first-order valence-corrected chi connectivity index (χ1v) is 7.06. The summed E-state index contributed by atoms with van der Waals surface area (Å²) in [5.41, 5.74) is 6.79. The van der Waals surface area contributed by atoms with E-state index in [1.54, 1.807) is 11.8 Å². The average molecular weight is 263 g/mol. The third-order valence-electron chi connectivity index (χ3n) is 2.55. The van der Waals surface area contributed by atoms with Crippen molar-refractivity contribution < 1.29 is 4.42 Å². The van der Waals surface area contributed by atoms with Gasteiger partial charge in [0.15, 0.2) is 0 Å². The van der Waals surface area contributed by atoms with E-state index in [1.165, 1.54) is 12.0 Å². The molecule has 2 rings (SSSR count). The van der Waals surface area contributed by atoms with Gasteiger partial charge in [-0.15, -0.1) is 10.2 Å². The molecule has 0 aliphatic heterocycles. The van der Waals surface area contributed by atoms with Crippen LogP contribution in [0.25, 0.3) is 0 Å². The molecule has 0 atom stereocenters. The maximum absolute atomic E-state index is 5.40. The summed E-state index contributed by atoms with van der Waals surface area (Å²) in [5, 5.41) is 8.35. The second-order valence-corrected chi connectivity index (χ2v) is 5.00. The molecule has 2 aromatic rings. The number of unbranched alkanes of at least 4 members (excludes halogenated alkanes) is 1. The number of hydrogen-bond acceptors (Lipinski definition) is 5. The number of nitrogens with two attached hydrogens (primary N) is 1. The van der Waals surface area contributed by atoms with Crippen LogP contribution in [0.2, 0.25) is 0 Å². The highest BCUT2D eigenvalue weighted by atomic mass is 32.2. The van der Waals surface area contributed by atoms with Crippen molar-refractivity contribution in [1.82, 2.24) is 10.2 Å². The number of aryl methyl sites for hydroxylation is 1. The summed E-state index contributed by atoms with van der Waals surface area (Å²) in [5.74, 6) is 1.50. The van der Waals surface area contributed by atoms with Gasteiger partial charge in [0.05, 0.1) is 6.54 Å². The molecule has 0 radical (unpaired) electrons. The summed E-state index contributed by atoms with van der Waals surface area (Å²) in [6, 6.07) is 10.5. The van der Waals surface area contributed by atoms with Gasteiger partial charge in [-0.25, -0.2) is 0 Å². The fourth-order valence-electron chi connectivity index (χ4n) is 1.61. The highest BCUT2D eigenvalue weighted by Crippen LogP contribution is 2.18. The van der Waals surface area contributed by atoms with Gasteiger partial charge in [-0.1, -0.05) is 42.1 Å². The lowest BCUT2D eigenvalue weighted by molar-refractivity contribution is 0.414. The molecule has 0 aliphatic carbocycles. The summed E-state index contributed by atoms with van der Waals surface area (Å²) >= 11 is 1.60. The maximum atomic E-state index is 5.40. The lowest BCUT2D eigenvalue weighted by Crippen LogP contribution is -1.95. The molecule has 2 N–H and O–H groups in total. The first kappa shape index (κ1) is 13.1. The highest BCUT2D eigenvalue weighted by Gasteiger charge is 2.04. The van der Waals surface area contributed by atoms with Crippen LogP contribution in [0.4, 0.5) is 0 Å². The topological polar surface area (TPSA) is 64.9 Å². The summed E-state index contributed by atoms with van der Waals surface area (Å²) < 4.78 is 5.31. The number of hydrogen-bond donors (Lipinski definition) is 1. The van der Waals surface area contributed by atoms with Crippen molar-refractivity contribution in [2.24, 2.45) is 5.73 Å². The zero-order valence-electron chi connectivity index (χ0n) is 10.2. The van der Waals surface area contributed by atoms with Crippen LogP contribution >= 0.6 is 11.8 Å². The smallest absolute Gasteiger partial charge is 0.276 e. The Morgan fingerprint density at radius 3 is 2.67 bits per heavy atom. The van der Waals surface area contributed by atoms with Crippen molar-refractivity contribution in [2.75, 3.05) is 5.75 Å². The van der Waals surface area contributed by atoms with Gasteiger partial charge in [0.1, 0.15) is 0 Å². The molecule has 1 aromatic carbocycles. The molecule has 4 nitrogen and oxygen atoms in total. The zero-order valence-corrected chi connectivity index (χ0v) is 11.0. The van der Waals surface area contributed by atoms with Crippen molar-refractivity contribution in [3.8, 4) is 0 Å². The van der Waals surface area contributed by atoms with Gasteiger partial charge >= 0.3 is 0 Å². The second-order valence-electron chi connectivity index (χ2n) is 3.96. The molecule has 1 heterocycles. The predicted molar refractivity (Wildman–Crippen MR) is 72.3 cm³/mol. The number of rotatable bonds is 7. The van der Waals surface area contributed by atoms with Gasteiger partial charge in [-0.05, 0) is 24.8 Å². The van der Waals surface area contributed by atoms with Gasteiger partial charge in [-0.2, -0.15) is 0 Å². The van der Waals surface area contributed by atoms with Crippen LogP contribution in [0.5, 0.6) is 0 Å². The molecule has 0 bridgehead atoms. The van der Waals surface area contributed by atoms with Crippen molar-refractivity contribution in [1.29, 1.82) is 0 Å². The normalized spacial score (nSPS) is 10.7. The standard InChI is InChI=1S/C13H17N3OS/c14-10-12-15-16-13(17-12)18-9-5-4-8-11-6-2-1-3-7-11/h1-3,6-7H,4-5,8-10,14H2. The molecular weight excluding hydrogens is 246 g/mol. The minimum Gasteiger partial charge on any atom is -0.415 e. The first-order chi connectivity index (χ1) is 8.88. The van der Waals surface area contributed by atoms with E-state index in [-0.39, 0.29) is 0 Å². The fraction of sp³-hybridized carbons (Fsp3) is 0.385. The van der Waals surface area contributed by atoms with E-state index in [0.717, 1.165) is 18.6 Å². The maximum Gasteiger partial charge on any atom is 0.276 e. The Morgan fingerprint density at radius 2 is 1.94 bits per heavy atom. The number of benzene rings is 1. The monoisotopic (exact) mass is 263 g/mol. The molecule has 0 saturated heterocycles. The fourth-order valence-corrected chi connectivity index (χ4v) is 2.39. The molecule has 18 heavy (non-hydrogen) atoms. The summed E-state index contributed by atoms with van der Waals surface area (Å²) in [4.78, 5) is 0. The lowest BCUT2D eigenvalue weighted by Gasteiger charge is -2.00. The molecule has 0 amide bonds. The predicted octanol–water partition coefficient (Wildman–Crippen LogP) is 2.64. The Labute approximate surface area is 111 Å². The molecule has 0 spiro atoms. The minimum absolute atomic E-state index is 0.307. The van der Waals surface area contributed by atoms with Crippen molar-refractivity contribution in [3.05, 3.63) is 41.8 Å². The second kappa shape index (κ2) is 7.18. The zero-order chi connectivity index (χ0) is 12.6. The summed E-state index contributed by atoms with van der Waals surface area (Å²) in [6.45, 7) is 0.307. The molecule has 0 unspecified atom stereocenters. The molecule has 0 fully saturated rings. The van der Waals surface area contributed by atoms with E-state index >= 15 is 0 Å². The van der Waals surface area contributed by atoms with E-state index in [4.69, 9.17) is 10.2 Å². The summed E-state index contributed by atoms with van der Waals surface area (Å²) in [7, 11) is 0. The van der Waals surface area contributed by atoms with Crippen LogP contribution in [0, 0.1) is 0 Å². The van der Waals surface area contributed by atoms with Crippen LogP contribution in [0.1, 0.15) is 24.3 Å². The van der Waals surface area contributed by atoms with E-state index in [1.807, 2.05) is 6.07 Å². The van der Waals surface area contributed by atoms with E-state index < -0.39 is 0 Å². The molecule has 0 saturated carbocycles. The van der Waals surface area contributed by atoms with Crippen LogP contribution in [0.15, 0.2) is 40.0 Å². The van der Waals surface area contributed by atoms with Crippen molar-refractivity contribution in [3.63, 3.8) is 0 Å². The van der Waals surface area contributed by atoms with Crippen LogP contribution < -0.4 is 5.73 Å². The van der Waals surface area contributed by atoms with Crippen LogP contribution in [-0.4, -0.2) is 16.0 Å². The Hall–Kier alpha value is -1.33. The Morgan fingerprint density at radius 1 is 1.11 bits per heavy atom. The number of nitrogens with zero attached hydrogens (tertiary/aromatic N) is 2. The molecule has 1 aromatic heterocycles. The number of thioether (sulfide) groups is 1. The Bertz CT molecular complexity index is 458. The van der Waals surface area contributed by atoms with Gasteiger partial charge < -0.3 is 10.2 Å². The Balaban J connectivity index is 1.61. The van der Waals surface area contributed by atoms with E-state index in [2.05, 4.69) is 34.5 Å². The first-order valence-electron chi connectivity index (χ1n) is 6.07. The quantitative estimate of drug-likeness (QED) is 0.614. The van der Waals surface area contributed by atoms with Crippen molar-refractivity contribution in [2.45, 2.75) is 31.0 Å². The number of aromatic nitrogens is 2. The Kier molecular flexibility index (Phi) is 5.23. The molecule has 0 aliphatic rings. The van der Waals surface area contributed by atoms with Gasteiger partial charge in [0.2, 0.25) is 5.89 Å². The SMILES string of the molecule is NCc1nnc(SCCCCc2ccccc2)o1. The van der Waals surface area contributed by atoms with Gasteiger partial charge in [0, 0.05) is 5.75 Å². The largest absolute Gasteiger partial charge is 0.415 e. The van der Waals surface area contributed by atoms with Crippen LogP contribution in [0.3, 0.4) is 0 Å². The van der Waals surface area contributed by atoms with Crippen LogP contribution in [-0.2, 0) is 13.0 Å². The van der Waals surface area contributed by atoms with Gasteiger partial charge in [0.25, 0.3) is 5.22 Å². The summed E-state index contributed by atoms with van der Waals surface area (Å²) in [6.07, 6.45) is 3.44. The third kappa shape index (κ3) is 4.16. The highest BCUT2D eigenvalue weighted by molar-refractivity contribution is 7.99.